The number of amides is 1. The van der Waals surface area contributed by atoms with Crippen LogP contribution >= 0.6 is 0 Å². The van der Waals surface area contributed by atoms with Crippen molar-refractivity contribution < 1.29 is 13.6 Å². The van der Waals surface area contributed by atoms with Crippen LogP contribution in [0.3, 0.4) is 0 Å². The number of nitrogens with one attached hydrogen (secondary N) is 1. The molecule has 0 aliphatic carbocycles. The van der Waals surface area contributed by atoms with Gasteiger partial charge in [0.1, 0.15) is 11.6 Å². The lowest BCUT2D eigenvalue weighted by Crippen LogP contribution is -2.47. The highest BCUT2D eigenvalue weighted by Crippen LogP contribution is 2.21. The normalized spacial score (nSPS) is 17.1. The fourth-order valence-electron chi connectivity index (χ4n) is 2.61. The molecular formula is C15H17F2N5O. The summed E-state index contributed by atoms with van der Waals surface area (Å²) in [6.07, 6.45) is 1.72. The summed E-state index contributed by atoms with van der Waals surface area (Å²) in [6.45, 7) is 3.97. The lowest BCUT2D eigenvalue weighted by molar-refractivity contribution is -0.124. The van der Waals surface area contributed by atoms with Crippen molar-refractivity contribution in [1.82, 2.24) is 25.2 Å². The zero-order valence-corrected chi connectivity index (χ0v) is 12.7. The predicted molar refractivity (Wildman–Crippen MR) is 78.5 cm³/mol. The van der Waals surface area contributed by atoms with Crippen LogP contribution in [0.4, 0.5) is 8.78 Å². The van der Waals surface area contributed by atoms with Crippen molar-refractivity contribution in [3.63, 3.8) is 0 Å². The monoisotopic (exact) mass is 321 g/mol. The predicted octanol–water partition coefficient (Wildman–Crippen LogP) is 1.10. The molecule has 1 aliphatic heterocycles. The molecule has 1 fully saturated rings. The van der Waals surface area contributed by atoms with Gasteiger partial charge >= 0.3 is 0 Å². The fourth-order valence-corrected chi connectivity index (χ4v) is 2.61. The standard InChI is InChI=1S/C15H17F2N5O/c1-10(13-3-2-11(16)6-14(13)17)22-8-12(19-20-22)7-21-5-4-18-15(23)9-21/h2-3,6,8,10H,4-5,7,9H2,1H3,(H,18,23)/t10-/m0/s1. The van der Waals surface area contributed by atoms with Crippen LogP contribution in [0.25, 0.3) is 0 Å². The number of hydrogen-bond acceptors (Lipinski definition) is 4. The topological polar surface area (TPSA) is 63.0 Å². The van der Waals surface area contributed by atoms with Crippen molar-refractivity contribution in [2.75, 3.05) is 19.6 Å². The van der Waals surface area contributed by atoms with Gasteiger partial charge in [-0.05, 0) is 13.0 Å². The first kappa shape index (κ1) is 15.5. The maximum Gasteiger partial charge on any atom is 0.234 e. The maximum absolute atomic E-state index is 13.9. The van der Waals surface area contributed by atoms with Gasteiger partial charge in [0, 0.05) is 31.3 Å². The van der Waals surface area contributed by atoms with Crippen molar-refractivity contribution in [2.45, 2.75) is 19.5 Å². The molecule has 6 nitrogen and oxygen atoms in total. The third-order valence-electron chi connectivity index (χ3n) is 3.87. The van der Waals surface area contributed by atoms with Gasteiger partial charge in [-0.3, -0.25) is 9.69 Å². The van der Waals surface area contributed by atoms with Gasteiger partial charge in [-0.2, -0.15) is 0 Å². The molecule has 2 aromatic rings. The Labute approximate surface area is 132 Å². The second-order valence-electron chi connectivity index (χ2n) is 5.59. The summed E-state index contributed by atoms with van der Waals surface area (Å²) in [4.78, 5) is 13.3. The summed E-state index contributed by atoms with van der Waals surface area (Å²) in [6, 6.07) is 3.09. The average molecular weight is 321 g/mol. The van der Waals surface area contributed by atoms with Gasteiger partial charge in [-0.15, -0.1) is 5.10 Å². The number of piperazine rings is 1. The van der Waals surface area contributed by atoms with Crippen LogP contribution in [0.5, 0.6) is 0 Å². The van der Waals surface area contributed by atoms with Crippen LogP contribution in [-0.4, -0.2) is 45.4 Å². The number of nitrogens with zero attached hydrogens (tertiary/aromatic N) is 4. The van der Waals surface area contributed by atoms with Crippen molar-refractivity contribution in [2.24, 2.45) is 0 Å². The highest BCUT2D eigenvalue weighted by atomic mass is 19.1. The van der Waals surface area contributed by atoms with Crippen molar-refractivity contribution in [1.29, 1.82) is 0 Å². The van der Waals surface area contributed by atoms with E-state index >= 15 is 0 Å². The molecule has 1 aromatic heterocycles. The molecule has 1 amide bonds. The first-order valence-corrected chi connectivity index (χ1v) is 7.37. The minimum absolute atomic E-state index is 0.00890. The Balaban J connectivity index is 1.72. The Morgan fingerprint density at radius 3 is 2.96 bits per heavy atom. The Morgan fingerprint density at radius 1 is 1.39 bits per heavy atom. The molecule has 0 radical (unpaired) electrons. The van der Waals surface area contributed by atoms with Crippen LogP contribution in [0.2, 0.25) is 0 Å². The van der Waals surface area contributed by atoms with E-state index in [1.807, 2.05) is 4.90 Å². The molecule has 1 aliphatic rings. The highest BCUT2D eigenvalue weighted by Gasteiger charge is 2.19. The minimum atomic E-state index is -0.610. The SMILES string of the molecule is C[C@@H](c1ccc(F)cc1F)n1cc(CN2CCNC(=O)C2)nn1. The zero-order valence-electron chi connectivity index (χ0n) is 12.7. The molecule has 1 saturated heterocycles. The Kier molecular flexibility index (Phi) is 4.33. The summed E-state index contributed by atoms with van der Waals surface area (Å²) >= 11 is 0. The summed E-state index contributed by atoms with van der Waals surface area (Å²) in [5.41, 5.74) is 1.05. The smallest absolute Gasteiger partial charge is 0.234 e. The van der Waals surface area contributed by atoms with Crippen LogP contribution in [0, 0.1) is 11.6 Å². The number of aromatic nitrogens is 3. The lowest BCUT2D eigenvalue weighted by Gasteiger charge is -2.25. The van der Waals surface area contributed by atoms with Crippen LogP contribution in [-0.2, 0) is 11.3 Å². The van der Waals surface area contributed by atoms with Crippen molar-refractivity contribution in [3.05, 3.63) is 47.3 Å². The molecule has 0 spiro atoms. The van der Waals surface area contributed by atoms with Gasteiger partial charge in [-0.1, -0.05) is 11.3 Å². The number of rotatable bonds is 4. The van der Waals surface area contributed by atoms with Gasteiger partial charge < -0.3 is 5.32 Å². The van der Waals surface area contributed by atoms with E-state index in [1.54, 1.807) is 13.1 Å². The Bertz CT molecular complexity index is 718. The van der Waals surface area contributed by atoms with Crippen molar-refractivity contribution >= 4 is 5.91 Å². The maximum atomic E-state index is 13.9. The Hall–Kier alpha value is -2.35. The molecule has 122 valence electrons. The van der Waals surface area contributed by atoms with Crippen molar-refractivity contribution in [3.8, 4) is 0 Å². The molecule has 3 rings (SSSR count). The van der Waals surface area contributed by atoms with E-state index < -0.39 is 17.7 Å². The van der Waals surface area contributed by atoms with Crippen LogP contribution < -0.4 is 5.32 Å². The molecule has 0 bridgehead atoms. The lowest BCUT2D eigenvalue weighted by atomic mass is 10.1. The second-order valence-corrected chi connectivity index (χ2v) is 5.59. The molecule has 8 heteroatoms. The van der Waals surface area contributed by atoms with E-state index in [-0.39, 0.29) is 5.91 Å². The number of halogens is 2. The van der Waals surface area contributed by atoms with Gasteiger partial charge in [0.15, 0.2) is 0 Å². The molecular weight excluding hydrogens is 304 g/mol. The van der Waals surface area contributed by atoms with E-state index in [4.69, 9.17) is 0 Å². The largest absolute Gasteiger partial charge is 0.354 e. The second kappa shape index (κ2) is 6.41. The molecule has 0 unspecified atom stereocenters. The quantitative estimate of drug-likeness (QED) is 0.916. The zero-order chi connectivity index (χ0) is 16.4. The number of benzene rings is 1. The van der Waals surface area contributed by atoms with Gasteiger partial charge in [-0.25, -0.2) is 13.5 Å². The summed E-state index contributed by atoms with van der Waals surface area (Å²) < 4.78 is 28.4. The van der Waals surface area contributed by atoms with E-state index in [0.29, 0.717) is 30.9 Å². The van der Waals surface area contributed by atoms with Gasteiger partial charge in [0.2, 0.25) is 5.91 Å². The molecule has 1 N–H and O–H groups in total. The highest BCUT2D eigenvalue weighted by molar-refractivity contribution is 5.78. The Morgan fingerprint density at radius 2 is 2.22 bits per heavy atom. The van der Waals surface area contributed by atoms with Gasteiger partial charge in [0.05, 0.1) is 24.5 Å². The number of hydrogen-bond donors (Lipinski definition) is 1. The molecule has 2 heterocycles. The average Bonchev–Trinajstić information content (AvgIpc) is 2.95. The van der Waals surface area contributed by atoms with E-state index in [1.165, 1.54) is 16.8 Å². The van der Waals surface area contributed by atoms with Crippen LogP contribution in [0.1, 0.15) is 24.2 Å². The summed E-state index contributed by atoms with van der Waals surface area (Å²) in [7, 11) is 0. The molecule has 23 heavy (non-hydrogen) atoms. The third-order valence-corrected chi connectivity index (χ3v) is 3.87. The van der Waals surface area contributed by atoms with E-state index in [9.17, 15) is 13.6 Å². The molecule has 1 atom stereocenters. The first-order chi connectivity index (χ1) is 11.0. The minimum Gasteiger partial charge on any atom is -0.354 e. The van der Waals surface area contributed by atoms with Crippen LogP contribution in [0.15, 0.2) is 24.4 Å². The molecule has 0 saturated carbocycles. The fraction of sp³-hybridized carbons (Fsp3) is 0.400. The van der Waals surface area contributed by atoms with E-state index in [2.05, 4.69) is 15.6 Å². The summed E-state index contributed by atoms with van der Waals surface area (Å²) in [5, 5.41) is 10.9. The number of carbonyl (C=O) groups excluding carboxylic acids is 1. The third kappa shape index (κ3) is 3.53. The summed E-state index contributed by atoms with van der Waals surface area (Å²) in [5.74, 6) is -1.23. The van der Waals surface area contributed by atoms with Gasteiger partial charge in [0.25, 0.3) is 0 Å². The molecule has 1 aromatic carbocycles. The first-order valence-electron chi connectivity index (χ1n) is 7.37. The van der Waals surface area contributed by atoms with E-state index in [0.717, 1.165) is 12.6 Å². The number of carbonyl (C=O) groups is 1.